The zero-order valence-corrected chi connectivity index (χ0v) is 18.7. The van der Waals surface area contributed by atoms with Gasteiger partial charge in [-0.3, -0.25) is 19.4 Å². The average Bonchev–Trinajstić information content (AvgIpc) is 3.37. The lowest BCUT2D eigenvalue weighted by Crippen LogP contribution is -2.44. The second kappa shape index (κ2) is 7.87. The molecule has 35 heavy (non-hydrogen) atoms. The number of anilines is 1. The second-order valence-electron chi connectivity index (χ2n) is 8.78. The van der Waals surface area contributed by atoms with Gasteiger partial charge in [0.25, 0.3) is 0 Å². The summed E-state index contributed by atoms with van der Waals surface area (Å²) >= 11 is 0. The van der Waals surface area contributed by atoms with E-state index in [1.54, 1.807) is 35.5 Å². The number of rotatable bonds is 4. The lowest BCUT2D eigenvalue weighted by atomic mass is 9.83. The fourth-order valence-electron chi connectivity index (χ4n) is 5.44. The number of Topliss-reactive ketones (excluding diaryl/α,β-unsaturated/α-hetero) is 1. The largest absolute Gasteiger partial charge is 0.497 e. The Bertz CT molecular complexity index is 1390. The average molecular weight is 469 g/mol. The maximum absolute atomic E-state index is 13.8. The minimum atomic E-state index is -0.968. The molecule has 0 N–H and O–H groups in total. The quantitative estimate of drug-likeness (QED) is 0.431. The van der Waals surface area contributed by atoms with Gasteiger partial charge in [0.1, 0.15) is 17.6 Å². The zero-order valence-electron chi connectivity index (χ0n) is 18.7. The summed E-state index contributed by atoms with van der Waals surface area (Å²) < 4.78 is 18.7. The fourth-order valence-corrected chi connectivity index (χ4v) is 5.44. The molecule has 0 radical (unpaired) electrons. The SMILES string of the molecule is COc1ccc(C(=O)[C@H]2[C@H]3C(=O)N(c4ccc(F)cc4)C(=O)[C@@H]3[C@H]3c4ccccc4C=NN32)cc1. The van der Waals surface area contributed by atoms with Crippen LogP contribution in [0.3, 0.4) is 0 Å². The van der Waals surface area contributed by atoms with Crippen molar-refractivity contribution in [1.82, 2.24) is 5.01 Å². The van der Waals surface area contributed by atoms with E-state index in [0.29, 0.717) is 11.3 Å². The van der Waals surface area contributed by atoms with Crippen molar-refractivity contribution in [1.29, 1.82) is 0 Å². The fraction of sp³-hybridized carbons (Fsp3) is 0.185. The molecule has 2 saturated heterocycles. The van der Waals surface area contributed by atoms with Crippen LogP contribution in [0.25, 0.3) is 0 Å². The van der Waals surface area contributed by atoms with Crippen molar-refractivity contribution in [3.05, 3.63) is 95.3 Å². The van der Waals surface area contributed by atoms with E-state index < -0.39 is 41.6 Å². The van der Waals surface area contributed by atoms with E-state index in [1.807, 2.05) is 24.3 Å². The van der Waals surface area contributed by atoms with Crippen LogP contribution in [0.2, 0.25) is 0 Å². The number of hydrazone groups is 1. The highest BCUT2D eigenvalue weighted by atomic mass is 19.1. The van der Waals surface area contributed by atoms with Crippen LogP contribution in [0.4, 0.5) is 10.1 Å². The molecule has 2 amide bonds. The van der Waals surface area contributed by atoms with Gasteiger partial charge >= 0.3 is 0 Å². The van der Waals surface area contributed by atoms with E-state index in [9.17, 15) is 18.8 Å². The van der Waals surface area contributed by atoms with Gasteiger partial charge in [0.05, 0.1) is 36.9 Å². The number of ketones is 1. The van der Waals surface area contributed by atoms with Crippen molar-refractivity contribution < 1.29 is 23.5 Å². The molecule has 3 aliphatic rings. The maximum atomic E-state index is 13.8. The third-order valence-electron chi connectivity index (χ3n) is 7.02. The summed E-state index contributed by atoms with van der Waals surface area (Å²) in [5.41, 5.74) is 2.35. The Balaban J connectivity index is 1.47. The first-order valence-electron chi connectivity index (χ1n) is 11.2. The van der Waals surface area contributed by atoms with Crippen molar-refractivity contribution in [2.45, 2.75) is 12.1 Å². The molecule has 2 fully saturated rings. The molecule has 3 heterocycles. The van der Waals surface area contributed by atoms with Crippen molar-refractivity contribution in [2.24, 2.45) is 16.9 Å². The summed E-state index contributed by atoms with van der Waals surface area (Å²) in [5.74, 6) is -2.82. The molecular weight excluding hydrogens is 449 g/mol. The van der Waals surface area contributed by atoms with Gasteiger partial charge in [-0.2, -0.15) is 5.10 Å². The molecule has 174 valence electrons. The highest BCUT2D eigenvalue weighted by Gasteiger charge is 2.65. The standard InChI is InChI=1S/C27H20FN3O4/c1-35-19-12-6-15(7-13-19)25(32)24-22-21(23-20-5-3-2-4-16(20)14-29-31(23)24)26(33)30(27(22)34)18-10-8-17(28)9-11-18/h2-14,21-24H,1H3/t21-,22-,23+,24+/m0/s1. The van der Waals surface area contributed by atoms with Gasteiger partial charge in [-0.05, 0) is 59.7 Å². The van der Waals surface area contributed by atoms with Gasteiger partial charge in [0.15, 0.2) is 5.78 Å². The number of carbonyl (C=O) groups excluding carboxylic acids is 3. The molecule has 4 atom stereocenters. The Morgan fingerprint density at radius 3 is 2.31 bits per heavy atom. The molecular formula is C27H20FN3O4. The number of amides is 2. The number of carbonyl (C=O) groups is 3. The van der Waals surface area contributed by atoms with Gasteiger partial charge in [-0.1, -0.05) is 24.3 Å². The normalized spacial score (nSPS) is 24.3. The second-order valence-corrected chi connectivity index (χ2v) is 8.78. The van der Waals surface area contributed by atoms with E-state index in [-0.39, 0.29) is 11.5 Å². The van der Waals surface area contributed by atoms with Crippen LogP contribution in [0.15, 0.2) is 77.9 Å². The number of methoxy groups -OCH3 is 1. The Hall–Kier alpha value is -4.33. The van der Waals surface area contributed by atoms with Gasteiger partial charge in [-0.15, -0.1) is 0 Å². The molecule has 6 rings (SSSR count). The lowest BCUT2D eigenvalue weighted by molar-refractivity contribution is -0.124. The molecule has 8 heteroatoms. The summed E-state index contributed by atoms with van der Waals surface area (Å²) in [5, 5.41) is 6.16. The van der Waals surface area contributed by atoms with Crippen LogP contribution in [0, 0.1) is 17.7 Å². The Morgan fingerprint density at radius 2 is 1.60 bits per heavy atom. The summed E-state index contributed by atoms with van der Waals surface area (Å²) in [6.45, 7) is 0. The molecule has 3 aromatic carbocycles. The minimum absolute atomic E-state index is 0.283. The van der Waals surface area contributed by atoms with E-state index in [4.69, 9.17) is 4.74 Å². The Kier molecular flexibility index (Phi) is 4.77. The van der Waals surface area contributed by atoms with Crippen molar-refractivity contribution >= 4 is 29.5 Å². The first-order valence-corrected chi connectivity index (χ1v) is 11.2. The van der Waals surface area contributed by atoms with Gasteiger partial charge in [-0.25, -0.2) is 9.29 Å². The van der Waals surface area contributed by atoms with Crippen LogP contribution >= 0.6 is 0 Å². The summed E-state index contributed by atoms with van der Waals surface area (Å²) in [6.07, 6.45) is 1.66. The number of nitrogens with zero attached hydrogens (tertiary/aromatic N) is 3. The third kappa shape index (κ3) is 3.10. The molecule has 3 aliphatic heterocycles. The number of hydrogen-bond acceptors (Lipinski definition) is 6. The van der Waals surface area contributed by atoms with Crippen molar-refractivity contribution in [2.75, 3.05) is 12.0 Å². The first-order chi connectivity index (χ1) is 17.0. The number of halogens is 1. The molecule has 0 aromatic heterocycles. The summed E-state index contributed by atoms with van der Waals surface area (Å²) in [6, 6.07) is 17.8. The summed E-state index contributed by atoms with van der Waals surface area (Å²) in [7, 11) is 1.54. The van der Waals surface area contributed by atoms with Crippen LogP contribution in [-0.2, 0) is 9.59 Å². The number of ether oxygens (including phenoxy) is 1. The highest BCUT2D eigenvalue weighted by molar-refractivity contribution is 6.24. The van der Waals surface area contributed by atoms with E-state index in [0.717, 1.165) is 16.0 Å². The number of imide groups is 1. The summed E-state index contributed by atoms with van der Waals surface area (Å²) in [4.78, 5) is 42.4. The molecule has 0 spiro atoms. The van der Waals surface area contributed by atoms with Gasteiger partial charge in [0, 0.05) is 5.56 Å². The molecule has 0 bridgehead atoms. The lowest BCUT2D eigenvalue weighted by Gasteiger charge is -2.33. The van der Waals surface area contributed by atoms with Gasteiger partial charge in [0.2, 0.25) is 11.8 Å². The van der Waals surface area contributed by atoms with Crippen LogP contribution in [0.1, 0.15) is 27.5 Å². The molecule has 3 aromatic rings. The molecule has 0 saturated carbocycles. The number of hydrogen-bond donors (Lipinski definition) is 0. The highest BCUT2D eigenvalue weighted by Crippen LogP contribution is 2.53. The van der Waals surface area contributed by atoms with Crippen molar-refractivity contribution in [3.8, 4) is 5.75 Å². The predicted octanol–water partition coefficient (Wildman–Crippen LogP) is 3.60. The number of fused-ring (bicyclic) bond motifs is 5. The molecule has 0 aliphatic carbocycles. The van der Waals surface area contributed by atoms with Crippen LogP contribution in [0.5, 0.6) is 5.75 Å². The topological polar surface area (TPSA) is 79.3 Å². The number of benzene rings is 3. The molecule has 7 nitrogen and oxygen atoms in total. The van der Waals surface area contributed by atoms with E-state index in [1.165, 1.54) is 31.4 Å². The smallest absolute Gasteiger partial charge is 0.240 e. The van der Waals surface area contributed by atoms with Crippen LogP contribution < -0.4 is 9.64 Å². The van der Waals surface area contributed by atoms with E-state index in [2.05, 4.69) is 5.10 Å². The minimum Gasteiger partial charge on any atom is -0.497 e. The van der Waals surface area contributed by atoms with Gasteiger partial charge < -0.3 is 4.74 Å². The predicted molar refractivity (Wildman–Crippen MR) is 126 cm³/mol. The third-order valence-corrected chi connectivity index (χ3v) is 7.02. The van der Waals surface area contributed by atoms with Crippen LogP contribution in [-0.4, -0.2) is 42.0 Å². The van der Waals surface area contributed by atoms with Crippen molar-refractivity contribution in [3.63, 3.8) is 0 Å². The van der Waals surface area contributed by atoms with E-state index >= 15 is 0 Å². The first kappa shape index (κ1) is 21.2. The Labute approximate surface area is 200 Å². The monoisotopic (exact) mass is 469 g/mol. The maximum Gasteiger partial charge on any atom is 0.240 e. The zero-order chi connectivity index (χ0) is 24.3. The Morgan fingerprint density at radius 1 is 0.914 bits per heavy atom. The molecule has 0 unspecified atom stereocenters.